The first kappa shape index (κ1) is 27.8. The molecule has 2 fully saturated rings. The van der Waals surface area contributed by atoms with Crippen LogP contribution in [0.5, 0.6) is 0 Å². The summed E-state index contributed by atoms with van der Waals surface area (Å²) in [5.74, 6) is -1.37. The van der Waals surface area contributed by atoms with Crippen molar-refractivity contribution in [2.75, 3.05) is 25.0 Å². The Bertz CT molecular complexity index is 1320. The summed E-state index contributed by atoms with van der Waals surface area (Å²) in [6.45, 7) is 2.24. The molecule has 0 saturated carbocycles. The van der Waals surface area contributed by atoms with Gasteiger partial charge in [-0.05, 0) is 73.9 Å². The normalized spacial score (nSPS) is 19.6. The molecule has 0 radical (unpaired) electrons. The number of unbranched alkanes of at least 4 members (excludes halogenated alkanes) is 2. The number of amides is 5. The molecule has 9 nitrogen and oxygen atoms in total. The van der Waals surface area contributed by atoms with Crippen LogP contribution < -0.4 is 10.6 Å². The van der Waals surface area contributed by atoms with Gasteiger partial charge in [0.1, 0.15) is 6.04 Å². The van der Waals surface area contributed by atoms with Gasteiger partial charge in [0.25, 0.3) is 11.8 Å². The van der Waals surface area contributed by atoms with Gasteiger partial charge in [-0.3, -0.25) is 34.2 Å². The number of likely N-dealkylation sites (tertiary alicyclic amines) is 1. The maximum Gasteiger partial charge on any atom is 0.262 e. The molecular weight excluding hydrogens is 532 g/mol. The summed E-state index contributed by atoms with van der Waals surface area (Å²) < 4.78 is 0. The first-order chi connectivity index (χ1) is 19.3. The fraction of sp³-hybridized carbons (Fsp3) is 0.433. The molecule has 40 heavy (non-hydrogen) atoms. The number of benzene rings is 2. The summed E-state index contributed by atoms with van der Waals surface area (Å²) in [6.07, 6.45) is 5.27. The van der Waals surface area contributed by atoms with Gasteiger partial charge in [0.05, 0.1) is 11.1 Å². The van der Waals surface area contributed by atoms with E-state index in [4.69, 9.17) is 11.6 Å². The number of imide groups is 2. The molecule has 0 spiro atoms. The highest BCUT2D eigenvalue weighted by atomic mass is 35.5. The van der Waals surface area contributed by atoms with Gasteiger partial charge in [0.2, 0.25) is 17.7 Å². The number of piperidine rings is 2. The first-order valence-corrected chi connectivity index (χ1v) is 14.3. The first-order valence-electron chi connectivity index (χ1n) is 13.9. The van der Waals surface area contributed by atoms with Crippen molar-refractivity contribution in [2.24, 2.45) is 0 Å². The maximum absolute atomic E-state index is 13.0. The standard InChI is InChI=1S/C30H33ClN4O5/c31-21-7-5-19(6-8-21)20-13-16-34(17-14-20)27(37)4-2-1-3-15-32-22-9-10-23-24(18-22)30(40)35(29(23)39)25-11-12-26(36)33-28(25)38/h5-10,18,20,25,32H,1-4,11-17H2,(H,33,36,38). The molecule has 10 heteroatoms. The Balaban J connectivity index is 1.02. The second kappa shape index (κ2) is 12.2. The lowest BCUT2D eigenvalue weighted by molar-refractivity contribution is -0.136. The minimum Gasteiger partial charge on any atom is -0.385 e. The molecule has 2 saturated heterocycles. The van der Waals surface area contributed by atoms with Crippen LogP contribution in [-0.2, 0) is 14.4 Å². The highest BCUT2D eigenvalue weighted by Gasteiger charge is 2.44. The van der Waals surface area contributed by atoms with Gasteiger partial charge >= 0.3 is 0 Å². The number of nitrogens with one attached hydrogen (secondary N) is 2. The zero-order valence-electron chi connectivity index (χ0n) is 22.3. The fourth-order valence-corrected chi connectivity index (χ4v) is 5.87. The molecule has 210 valence electrons. The van der Waals surface area contributed by atoms with Crippen LogP contribution in [0.25, 0.3) is 0 Å². The molecule has 2 aromatic carbocycles. The number of carbonyl (C=O) groups is 5. The summed E-state index contributed by atoms with van der Waals surface area (Å²) in [4.78, 5) is 65.1. The molecule has 3 heterocycles. The van der Waals surface area contributed by atoms with Crippen molar-refractivity contribution < 1.29 is 24.0 Å². The van der Waals surface area contributed by atoms with E-state index in [1.165, 1.54) is 5.56 Å². The van der Waals surface area contributed by atoms with Crippen molar-refractivity contribution >= 4 is 46.8 Å². The van der Waals surface area contributed by atoms with Gasteiger partial charge in [-0.1, -0.05) is 30.2 Å². The zero-order chi connectivity index (χ0) is 28.2. The molecule has 1 atom stereocenters. The molecule has 0 aromatic heterocycles. The van der Waals surface area contributed by atoms with Crippen molar-refractivity contribution in [2.45, 2.75) is 63.3 Å². The van der Waals surface area contributed by atoms with Crippen LogP contribution in [0.3, 0.4) is 0 Å². The topological polar surface area (TPSA) is 116 Å². The lowest BCUT2D eigenvalue weighted by Crippen LogP contribution is -2.54. The summed E-state index contributed by atoms with van der Waals surface area (Å²) in [6, 6.07) is 12.0. The largest absolute Gasteiger partial charge is 0.385 e. The highest BCUT2D eigenvalue weighted by Crippen LogP contribution is 2.30. The number of carbonyl (C=O) groups excluding carboxylic acids is 5. The van der Waals surface area contributed by atoms with Gasteiger partial charge in [0, 0.05) is 43.2 Å². The van der Waals surface area contributed by atoms with Crippen LogP contribution in [0.15, 0.2) is 42.5 Å². The van der Waals surface area contributed by atoms with Crippen LogP contribution in [0, 0.1) is 0 Å². The summed E-state index contributed by atoms with van der Waals surface area (Å²) in [5, 5.41) is 6.23. The molecule has 0 bridgehead atoms. The van der Waals surface area contributed by atoms with Crippen LogP contribution in [-0.4, -0.2) is 65.0 Å². The van der Waals surface area contributed by atoms with Crippen molar-refractivity contribution in [1.29, 1.82) is 0 Å². The predicted octanol–water partition coefficient (Wildman–Crippen LogP) is 4.12. The third-order valence-corrected chi connectivity index (χ3v) is 8.28. The second-order valence-electron chi connectivity index (χ2n) is 10.7. The van der Waals surface area contributed by atoms with E-state index in [0.717, 1.165) is 55.1 Å². The van der Waals surface area contributed by atoms with Crippen molar-refractivity contribution in [1.82, 2.24) is 15.1 Å². The van der Waals surface area contributed by atoms with E-state index in [1.807, 2.05) is 17.0 Å². The SMILES string of the molecule is O=C1CCC(N2C(=O)c3ccc(NCCCCCC(=O)N4CCC(c5ccc(Cl)cc5)CC4)cc3C2=O)C(=O)N1. The number of hydrogen-bond acceptors (Lipinski definition) is 6. The van der Waals surface area contributed by atoms with E-state index in [1.54, 1.807) is 18.2 Å². The van der Waals surface area contributed by atoms with E-state index in [-0.39, 0.29) is 29.9 Å². The summed E-state index contributed by atoms with van der Waals surface area (Å²) in [7, 11) is 0. The molecule has 2 N–H and O–H groups in total. The number of fused-ring (bicyclic) bond motifs is 1. The minimum absolute atomic E-state index is 0.0883. The quantitative estimate of drug-likeness (QED) is 0.350. The van der Waals surface area contributed by atoms with E-state index in [2.05, 4.69) is 22.8 Å². The Morgan fingerprint density at radius 1 is 0.900 bits per heavy atom. The van der Waals surface area contributed by atoms with Crippen LogP contribution in [0.2, 0.25) is 5.02 Å². The molecule has 3 aliphatic rings. The average molecular weight is 565 g/mol. The molecular formula is C30H33ClN4O5. The van der Waals surface area contributed by atoms with E-state index in [0.29, 0.717) is 24.6 Å². The van der Waals surface area contributed by atoms with Crippen molar-refractivity contribution in [3.63, 3.8) is 0 Å². The van der Waals surface area contributed by atoms with Crippen LogP contribution >= 0.6 is 11.6 Å². The Morgan fingerprint density at radius 2 is 1.62 bits per heavy atom. The van der Waals surface area contributed by atoms with Crippen LogP contribution in [0.4, 0.5) is 5.69 Å². The predicted molar refractivity (Wildman–Crippen MR) is 150 cm³/mol. The Kier molecular flexibility index (Phi) is 8.49. The van der Waals surface area contributed by atoms with E-state index in [9.17, 15) is 24.0 Å². The Morgan fingerprint density at radius 3 is 2.35 bits per heavy atom. The smallest absolute Gasteiger partial charge is 0.262 e. The maximum atomic E-state index is 13.0. The van der Waals surface area contributed by atoms with E-state index >= 15 is 0 Å². The van der Waals surface area contributed by atoms with Gasteiger partial charge < -0.3 is 10.2 Å². The molecule has 5 rings (SSSR count). The number of halogens is 1. The molecule has 3 aliphatic heterocycles. The van der Waals surface area contributed by atoms with Gasteiger partial charge in [-0.15, -0.1) is 0 Å². The summed E-state index contributed by atoms with van der Waals surface area (Å²) >= 11 is 5.99. The molecule has 1 unspecified atom stereocenters. The van der Waals surface area contributed by atoms with Crippen molar-refractivity contribution in [3.05, 3.63) is 64.2 Å². The third kappa shape index (κ3) is 6.04. The lowest BCUT2D eigenvalue weighted by Gasteiger charge is -2.32. The third-order valence-electron chi connectivity index (χ3n) is 8.03. The van der Waals surface area contributed by atoms with Gasteiger partial charge in [-0.2, -0.15) is 0 Å². The number of nitrogens with zero attached hydrogens (tertiary/aromatic N) is 2. The van der Waals surface area contributed by atoms with Gasteiger partial charge in [0.15, 0.2) is 0 Å². The Hall–Kier alpha value is -3.72. The second-order valence-corrected chi connectivity index (χ2v) is 11.1. The lowest BCUT2D eigenvalue weighted by atomic mass is 9.89. The molecule has 2 aromatic rings. The number of rotatable bonds is 9. The summed E-state index contributed by atoms with van der Waals surface area (Å²) in [5.41, 5.74) is 2.51. The average Bonchev–Trinajstić information content (AvgIpc) is 3.20. The fourth-order valence-electron chi connectivity index (χ4n) is 5.75. The van der Waals surface area contributed by atoms with Crippen molar-refractivity contribution in [3.8, 4) is 0 Å². The highest BCUT2D eigenvalue weighted by molar-refractivity contribution is 6.30. The van der Waals surface area contributed by atoms with E-state index < -0.39 is 29.7 Å². The monoisotopic (exact) mass is 564 g/mol. The van der Waals surface area contributed by atoms with Gasteiger partial charge in [-0.25, -0.2) is 0 Å². The number of hydrogen-bond donors (Lipinski definition) is 2. The zero-order valence-corrected chi connectivity index (χ0v) is 23.0. The molecule has 5 amide bonds. The van der Waals surface area contributed by atoms with Crippen LogP contribution in [0.1, 0.15) is 83.6 Å². The molecule has 0 aliphatic carbocycles. The minimum atomic E-state index is -0.973. The number of anilines is 1. The Labute approximate surface area is 238 Å².